The molecule has 0 N–H and O–H groups in total. The highest BCUT2D eigenvalue weighted by Crippen LogP contribution is 2.09. The minimum atomic E-state index is 0.0183. The Labute approximate surface area is 96.9 Å². The van der Waals surface area contributed by atoms with Gasteiger partial charge in [0, 0.05) is 19.7 Å². The summed E-state index contributed by atoms with van der Waals surface area (Å²) in [6.07, 6.45) is 5.45. The molecule has 1 rings (SSSR count). The Balaban J connectivity index is 2.82. The maximum atomic E-state index is 11.3. The lowest BCUT2D eigenvalue weighted by Gasteiger charge is -2.13. The highest BCUT2D eigenvalue weighted by molar-refractivity contribution is 5.75. The van der Waals surface area contributed by atoms with Gasteiger partial charge in [-0.1, -0.05) is 30.3 Å². The zero-order valence-corrected chi connectivity index (χ0v) is 9.81. The molecule has 0 saturated carbocycles. The second kappa shape index (κ2) is 5.91. The van der Waals surface area contributed by atoms with Crippen LogP contribution in [0.15, 0.2) is 43.1 Å². The van der Waals surface area contributed by atoms with Gasteiger partial charge in [-0.15, -0.1) is 6.58 Å². The zero-order valence-electron chi connectivity index (χ0n) is 9.81. The SMILES string of the molecule is C=CCN(/C=C/c1ccccc1C)C(C)=O. The van der Waals surface area contributed by atoms with Gasteiger partial charge in [0.15, 0.2) is 0 Å². The summed E-state index contributed by atoms with van der Waals surface area (Å²) in [6, 6.07) is 8.06. The number of carbonyl (C=O) groups excluding carboxylic acids is 1. The molecule has 1 aromatic carbocycles. The lowest BCUT2D eigenvalue weighted by Crippen LogP contribution is -2.22. The third-order valence-corrected chi connectivity index (χ3v) is 2.35. The molecule has 0 aliphatic carbocycles. The largest absolute Gasteiger partial charge is 0.316 e. The van der Waals surface area contributed by atoms with Crippen LogP contribution in [-0.4, -0.2) is 17.4 Å². The number of amides is 1. The van der Waals surface area contributed by atoms with Gasteiger partial charge < -0.3 is 4.90 Å². The molecule has 0 atom stereocenters. The summed E-state index contributed by atoms with van der Waals surface area (Å²) in [5.41, 5.74) is 2.32. The summed E-state index contributed by atoms with van der Waals surface area (Å²) in [4.78, 5) is 12.9. The fraction of sp³-hybridized carbons (Fsp3) is 0.214. The van der Waals surface area contributed by atoms with Gasteiger partial charge in [0.2, 0.25) is 5.91 Å². The molecule has 0 saturated heterocycles. The molecule has 2 nitrogen and oxygen atoms in total. The molecule has 1 aromatic rings. The summed E-state index contributed by atoms with van der Waals surface area (Å²) in [7, 11) is 0. The van der Waals surface area contributed by atoms with Crippen molar-refractivity contribution in [3.8, 4) is 0 Å². The monoisotopic (exact) mass is 215 g/mol. The summed E-state index contributed by atoms with van der Waals surface area (Å²) in [5.74, 6) is 0.0183. The fourth-order valence-electron chi connectivity index (χ4n) is 1.38. The zero-order chi connectivity index (χ0) is 12.0. The van der Waals surface area contributed by atoms with Crippen LogP contribution in [0.1, 0.15) is 18.1 Å². The molecule has 0 radical (unpaired) electrons. The van der Waals surface area contributed by atoms with Crippen LogP contribution in [0, 0.1) is 6.92 Å². The number of nitrogens with zero attached hydrogens (tertiary/aromatic N) is 1. The van der Waals surface area contributed by atoms with Gasteiger partial charge in [-0.3, -0.25) is 4.79 Å². The van der Waals surface area contributed by atoms with Crippen molar-refractivity contribution >= 4 is 12.0 Å². The van der Waals surface area contributed by atoms with Gasteiger partial charge in [0.1, 0.15) is 0 Å². The first-order chi connectivity index (χ1) is 7.65. The Bertz CT molecular complexity index is 407. The number of hydrogen-bond acceptors (Lipinski definition) is 1. The van der Waals surface area contributed by atoms with E-state index in [1.54, 1.807) is 24.1 Å². The lowest BCUT2D eigenvalue weighted by atomic mass is 10.1. The summed E-state index contributed by atoms with van der Waals surface area (Å²) < 4.78 is 0. The number of rotatable bonds is 4. The number of aryl methyl sites for hydroxylation is 1. The topological polar surface area (TPSA) is 20.3 Å². The summed E-state index contributed by atoms with van der Waals surface area (Å²) in [5, 5.41) is 0. The predicted molar refractivity (Wildman–Crippen MR) is 67.8 cm³/mol. The normalized spacial score (nSPS) is 10.4. The lowest BCUT2D eigenvalue weighted by molar-refractivity contribution is -0.125. The molecule has 2 heteroatoms. The third-order valence-electron chi connectivity index (χ3n) is 2.35. The van der Waals surface area contributed by atoms with Crippen molar-refractivity contribution in [3.63, 3.8) is 0 Å². The van der Waals surface area contributed by atoms with Gasteiger partial charge in [0.25, 0.3) is 0 Å². The number of hydrogen-bond donors (Lipinski definition) is 0. The molecular weight excluding hydrogens is 198 g/mol. The molecule has 0 unspecified atom stereocenters. The Morgan fingerprint density at radius 1 is 1.44 bits per heavy atom. The highest BCUT2D eigenvalue weighted by atomic mass is 16.2. The first kappa shape index (κ1) is 12.2. The smallest absolute Gasteiger partial charge is 0.223 e. The Hall–Kier alpha value is -1.83. The average molecular weight is 215 g/mol. The van der Waals surface area contributed by atoms with Crippen molar-refractivity contribution in [2.45, 2.75) is 13.8 Å². The van der Waals surface area contributed by atoms with Gasteiger partial charge >= 0.3 is 0 Å². The van der Waals surface area contributed by atoms with E-state index in [9.17, 15) is 4.79 Å². The maximum absolute atomic E-state index is 11.3. The van der Waals surface area contributed by atoms with Crippen molar-refractivity contribution in [2.75, 3.05) is 6.54 Å². The molecule has 84 valence electrons. The Morgan fingerprint density at radius 3 is 2.69 bits per heavy atom. The van der Waals surface area contributed by atoms with E-state index in [1.165, 1.54) is 5.56 Å². The van der Waals surface area contributed by atoms with Crippen molar-refractivity contribution in [1.82, 2.24) is 4.90 Å². The van der Waals surface area contributed by atoms with Gasteiger partial charge in [-0.05, 0) is 24.1 Å². The van der Waals surface area contributed by atoms with Crippen LogP contribution in [0.4, 0.5) is 0 Å². The van der Waals surface area contributed by atoms with Crippen molar-refractivity contribution in [3.05, 3.63) is 54.2 Å². The van der Waals surface area contributed by atoms with Crippen LogP contribution in [0.5, 0.6) is 0 Å². The van der Waals surface area contributed by atoms with Crippen LogP contribution >= 0.6 is 0 Å². The van der Waals surface area contributed by atoms with E-state index in [0.717, 1.165) is 5.56 Å². The molecule has 16 heavy (non-hydrogen) atoms. The molecule has 0 aromatic heterocycles. The second-order valence-electron chi connectivity index (χ2n) is 3.63. The van der Waals surface area contributed by atoms with Crippen LogP contribution < -0.4 is 0 Å². The molecule has 0 aliphatic rings. The average Bonchev–Trinajstić information content (AvgIpc) is 2.26. The van der Waals surface area contributed by atoms with E-state index >= 15 is 0 Å². The van der Waals surface area contributed by atoms with Gasteiger partial charge in [-0.2, -0.15) is 0 Å². The molecule has 0 bridgehead atoms. The van der Waals surface area contributed by atoms with E-state index in [0.29, 0.717) is 6.54 Å². The minimum Gasteiger partial charge on any atom is -0.316 e. The van der Waals surface area contributed by atoms with E-state index < -0.39 is 0 Å². The summed E-state index contributed by atoms with van der Waals surface area (Å²) >= 11 is 0. The molecule has 0 aliphatic heterocycles. The number of carbonyl (C=O) groups is 1. The third kappa shape index (κ3) is 3.39. The van der Waals surface area contributed by atoms with Crippen LogP contribution in [-0.2, 0) is 4.79 Å². The van der Waals surface area contributed by atoms with E-state index in [1.807, 2.05) is 37.3 Å². The molecule has 0 fully saturated rings. The second-order valence-corrected chi connectivity index (χ2v) is 3.63. The Morgan fingerprint density at radius 2 is 2.12 bits per heavy atom. The first-order valence-corrected chi connectivity index (χ1v) is 5.27. The minimum absolute atomic E-state index is 0.0183. The highest BCUT2D eigenvalue weighted by Gasteiger charge is 2.01. The van der Waals surface area contributed by atoms with Crippen molar-refractivity contribution < 1.29 is 4.79 Å². The van der Waals surface area contributed by atoms with E-state index in [-0.39, 0.29) is 5.91 Å². The maximum Gasteiger partial charge on any atom is 0.223 e. The number of benzene rings is 1. The molecule has 0 spiro atoms. The molecular formula is C14H17NO. The fourth-order valence-corrected chi connectivity index (χ4v) is 1.38. The Kier molecular flexibility index (Phi) is 4.52. The quantitative estimate of drug-likeness (QED) is 0.707. The molecule has 1 amide bonds. The van der Waals surface area contributed by atoms with Crippen LogP contribution in [0.2, 0.25) is 0 Å². The van der Waals surface area contributed by atoms with Gasteiger partial charge in [-0.25, -0.2) is 0 Å². The van der Waals surface area contributed by atoms with Crippen LogP contribution in [0.25, 0.3) is 6.08 Å². The van der Waals surface area contributed by atoms with Crippen LogP contribution in [0.3, 0.4) is 0 Å². The van der Waals surface area contributed by atoms with Gasteiger partial charge in [0.05, 0.1) is 0 Å². The van der Waals surface area contributed by atoms with Crippen molar-refractivity contribution in [1.29, 1.82) is 0 Å². The molecule has 0 heterocycles. The predicted octanol–water partition coefficient (Wildman–Crippen LogP) is 3.00. The van der Waals surface area contributed by atoms with E-state index in [4.69, 9.17) is 0 Å². The van der Waals surface area contributed by atoms with E-state index in [2.05, 4.69) is 6.58 Å². The summed E-state index contributed by atoms with van der Waals surface area (Å²) in [6.45, 7) is 7.76. The van der Waals surface area contributed by atoms with Crippen molar-refractivity contribution in [2.24, 2.45) is 0 Å². The first-order valence-electron chi connectivity index (χ1n) is 5.27. The standard InChI is InChI=1S/C14H17NO/c1-4-10-15(13(3)16)11-9-14-8-6-5-7-12(14)2/h4-9,11H,1,10H2,2-3H3/b11-9+.